The zero-order valence-corrected chi connectivity index (χ0v) is 14.3. The van der Waals surface area contributed by atoms with E-state index in [0.717, 1.165) is 43.0 Å². The van der Waals surface area contributed by atoms with Crippen molar-refractivity contribution in [2.75, 3.05) is 13.1 Å². The monoisotopic (exact) mass is 315 g/mol. The van der Waals surface area contributed by atoms with Crippen LogP contribution < -0.4 is 5.73 Å². The molecular weight excluding hydrogens is 290 g/mol. The van der Waals surface area contributed by atoms with E-state index in [-0.39, 0.29) is 11.9 Å². The highest BCUT2D eigenvalue weighted by atomic mass is 16.2. The number of nitrogens with two attached hydrogens (primary N) is 1. The molecule has 3 heterocycles. The number of likely N-dealkylation sites (tertiary alicyclic amines) is 1. The van der Waals surface area contributed by atoms with Crippen LogP contribution in [0.15, 0.2) is 6.07 Å². The lowest BCUT2D eigenvalue weighted by Crippen LogP contribution is -2.45. The first kappa shape index (κ1) is 15.9. The second-order valence-corrected chi connectivity index (χ2v) is 6.75. The first-order chi connectivity index (χ1) is 10.9. The lowest BCUT2D eigenvalue weighted by molar-refractivity contribution is 0.0662. The summed E-state index contributed by atoms with van der Waals surface area (Å²) in [6, 6.07) is 2.08. The molecule has 1 aliphatic rings. The van der Waals surface area contributed by atoms with Crippen LogP contribution in [0.5, 0.6) is 0 Å². The van der Waals surface area contributed by atoms with E-state index in [1.54, 1.807) is 4.52 Å². The average Bonchev–Trinajstić information content (AvgIpc) is 2.83. The molecule has 124 valence electrons. The van der Waals surface area contributed by atoms with Crippen molar-refractivity contribution in [3.63, 3.8) is 0 Å². The van der Waals surface area contributed by atoms with Gasteiger partial charge >= 0.3 is 0 Å². The van der Waals surface area contributed by atoms with Gasteiger partial charge in [-0.25, -0.2) is 9.50 Å². The third kappa shape index (κ3) is 2.83. The van der Waals surface area contributed by atoms with Crippen LogP contribution in [0.2, 0.25) is 0 Å². The number of fused-ring (bicyclic) bond motifs is 1. The summed E-state index contributed by atoms with van der Waals surface area (Å²) in [6.07, 6.45) is 2.09. The predicted octanol–water partition coefficient (Wildman–Crippen LogP) is 1.85. The van der Waals surface area contributed by atoms with E-state index in [2.05, 4.69) is 10.1 Å². The summed E-state index contributed by atoms with van der Waals surface area (Å²) in [4.78, 5) is 19.6. The number of hydrogen-bond donors (Lipinski definition) is 1. The number of aromatic nitrogens is 3. The van der Waals surface area contributed by atoms with Crippen molar-refractivity contribution in [3.8, 4) is 0 Å². The minimum absolute atomic E-state index is 0.0281. The molecule has 6 heteroatoms. The van der Waals surface area contributed by atoms with Crippen molar-refractivity contribution in [2.24, 2.45) is 11.7 Å². The topological polar surface area (TPSA) is 76.5 Å². The highest BCUT2D eigenvalue weighted by molar-refractivity contribution is 6.01. The predicted molar refractivity (Wildman–Crippen MR) is 89.5 cm³/mol. The molecule has 1 amide bonds. The van der Waals surface area contributed by atoms with E-state index >= 15 is 0 Å². The first-order valence-corrected chi connectivity index (χ1v) is 8.27. The van der Waals surface area contributed by atoms with Crippen LogP contribution in [0.1, 0.15) is 47.2 Å². The van der Waals surface area contributed by atoms with Gasteiger partial charge in [-0.15, -0.1) is 0 Å². The van der Waals surface area contributed by atoms with Crippen molar-refractivity contribution in [1.29, 1.82) is 0 Å². The first-order valence-electron chi connectivity index (χ1n) is 8.27. The molecule has 0 aliphatic carbocycles. The van der Waals surface area contributed by atoms with Crippen LogP contribution >= 0.6 is 0 Å². The molecule has 2 unspecified atom stereocenters. The van der Waals surface area contributed by atoms with Gasteiger partial charge in [0.1, 0.15) is 5.56 Å². The number of carbonyl (C=O) groups is 1. The Morgan fingerprint density at radius 1 is 1.39 bits per heavy atom. The number of rotatable bonds is 2. The Hall–Kier alpha value is -1.95. The Kier molecular flexibility index (Phi) is 4.10. The molecule has 1 fully saturated rings. The van der Waals surface area contributed by atoms with Crippen LogP contribution in [0.25, 0.3) is 5.65 Å². The zero-order chi connectivity index (χ0) is 16.7. The SMILES string of the molecule is Cc1cc(C)n2nc(C)c(C(=O)N3CCCC(C(C)N)C3)c2n1. The van der Waals surface area contributed by atoms with Crippen molar-refractivity contribution >= 4 is 11.6 Å². The van der Waals surface area contributed by atoms with Crippen molar-refractivity contribution < 1.29 is 4.79 Å². The standard InChI is InChI=1S/C17H25N5O/c1-10-8-11(2)22-16(19-10)15(13(4)20-22)17(23)21-7-5-6-14(9-21)12(3)18/h8,12,14H,5-7,9,18H2,1-4H3. The van der Waals surface area contributed by atoms with E-state index in [1.807, 2.05) is 38.7 Å². The van der Waals surface area contributed by atoms with Crippen LogP contribution in [-0.2, 0) is 0 Å². The van der Waals surface area contributed by atoms with Crippen molar-refractivity contribution in [1.82, 2.24) is 19.5 Å². The number of nitrogens with zero attached hydrogens (tertiary/aromatic N) is 4. The summed E-state index contributed by atoms with van der Waals surface area (Å²) in [5.41, 5.74) is 9.95. The fraction of sp³-hybridized carbons (Fsp3) is 0.588. The summed E-state index contributed by atoms with van der Waals surface area (Å²) < 4.78 is 1.77. The van der Waals surface area contributed by atoms with Gasteiger partial charge in [0.15, 0.2) is 5.65 Å². The summed E-state index contributed by atoms with van der Waals surface area (Å²) in [6.45, 7) is 9.32. The van der Waals surface area contributed by atoms with Gasteiger partial charge < -0.3 is 10.6 Å². The number of aryl methyl sites for hydroxylation is 3. The normalized spacial score (nSPS) is 20.0. The molecule has 0 aromatic carbocycles. The van der Waals surface area contributed by atoms with E-state index in [4.69, 9.17) is 5.73 Å². The maximum Gasteiger partial charge on any atom is 0.259 e. The number of amides is 1. The van der Waals surface area contributed by atoms with Crippen LogP contribution in [0.4, 0.5) is 0 Å². The molecular formula is C17H25N5O. The minimum Gasteiger partial charge on any atom is -0.338 e. The van der Waals surface area contributed by atoms with Crippen molar-refractivity contribution in [2.45, 2.75) is 46.6 Å². The lowest BCUT2D eigenvalue weighted by Gasteiger charge is -2.34. The van der Waals surface area contributed by atoms with Gasteiger partial charge in [0.05, 0.1) is 5.69 Å². The van der Waals surface area contributed by atoms with Gasteiger partial charge in [0.25, 0.3) is 5.91 Å². The molecule has 6 nitrogen and oxygen atoms in total. The van der Waals surface area contributed by atoms with E-state index < -0.39 is 0 Å². The summed E-state index contributed by atoms with van der Waals surface area (Å²) in [5, 5.41) is 4.51. The second-order valence-electron chi connectivity index (χ2n) is 6.75. The fourth-order valence-electron chi connectivity index (χ4n) is 3.46. The molecule has 0 saturated carbocycles. The quantitative estimate of drug-likeness (QED) is 0.917. The third-order valence-corrected chi connectivity index (χ3v) is 4.77. The van der Waals surface area contributed by atoms with Crippen LogP contribution in [-0.4, -0.2) is 44.5 Å². The molecule has 2 N–H and O–H groups in total. The maximum atomic E-state index is 13.1. The molecule has 0 spiro atoms. The third-order valence-electron chi connectivity index (χ3n) is 4.77. The lowest BCUT2D eigenvalue weighted by atomic mass is 9.92. The molecule has 2 aromatic heterocycles. The average molecular weight is 315 g/mol. The van der Waals surface area contributed by atoms with Gasteiger partial charge in [-0.1, -0.05) is 0 Å². The Labute approximate surface area is 136 Å². The largest absolute Gasteiger partial charge is 0.338 e. The number of carbonyl (C=O) groups excluding carboxylic acids is 1. The molecule has 0 radical (unpaired) electrons. The van der Waals surface area contributed by atoms with Gasteiger partial charge in [0, 0.05) is 30.5 Å². The minimum atomic E-state index is 0.0281. The van der Waals surface area contributed by atoms with E-state index in [9.17, 15) is 4.79 Å². The summed E-state index contributed by atoms with van der Waals surface area (Å²) >= 11 is 0. The smallest absolute Gasteiger partial charge is 0.259 e. The van der Waals surface area contributed by atoms with Crippen LogP contribution in [0.3, 0.4) is 0 Å². The van der Waals surface area contributed by atoms with Gasteiger partial charge in [-0.2, -0.15) is 5.10 Å². The molecule has 23 heavy (non-hydrogen) atoms. The maximum absolute atomic E-state index is 13.1. The van der Waals surface area contributed by atoms with E-state index in [0.29, 0.717) is 17.1 Å². The molecule has 2 aromatic rings. The molecule has 1 aliphatic heterocycles. The zero-order valence-electron chi connectivity index (χ0n) is 14.3. The highest BCUT2D eigenvalue weighted by Gasteiger charge is 2.30. The highest BCUT2D eigenvalue weighted by Crippen LogP contribution is 2.23. The molecule has 3 rings (SSSR count). The molecule has 1 saturated heterocycles. The molecule has 0 bridgehead atoms. The van der Waals surface area contributed by atoms with Crippen molar-refractivity contribution in [3.05, 3.63) is 28.7 Å². The van der Waals surface area contributed by atoms with Crippen LogP contribution in [0, 0.1) is 26.7 Å². The summed E-state index contributed by atoms with van der Waals surface area (Å²) in [7, 11) is 0. The molecule has 2 atom stereocenters. The Balaban J connectivity index is 1.99. The van der Waals surface area contributed by atoms with Gasteiger partial charge in [0.2, 0.25) is 0 Å². The Bertz CT molecular complexity index is 749. The second kappa shape index (κ2) is 5.92. The van der Waals surface area contributed by atoms with Gasteiger partial charge in [-0.3, -0.25) is 4.79 Å². The van der Waals surface area contributed by atoms with Gasteiger partial charge in [-0.05, 0) is 52.5 Å². The number of hydrogen-bond acceptors (Lipinski definition) is 4. The number of piperidine rings is 1. The Morgan fingerprint density at radius 2 is 2.13 bits per heavy atom. The summed E-state index contributed by atoms with van der Waals surface area (Å²) in [5.74, 6) is 0.395. The van der Waals surface area contributed by atoms with E-state index in [1.165, 1.54) is 0 Å². The fourth-order valence-corrected chi connectivity index (χ4v) is 3.46. The Morgan fingerprint density at radius 3 is 2.83 bits per heavy atom.